The average Bonchev–Trinajstić information content (AvgIpc) is 2.16. The molecule has 1 aromatic carbocycles. The van der Waals surface area contributed by atoms with Crippen molar-refractivity contribution in [3.63, 3.8) is 0 Å². The zero-order valence-corrected chi connectivity index (χ0v) is 7.96. The maximum absolute atomic E-state index is 2.33. The fourth-order valence-electron chi connectivity index (χ4n) is 1.12. The summed E-state index contributed by atoms with van der Waals surface area (Å²) < 4.78 is 0. The van der Waals surface area contributed by atoms with Gasteiger partial charge in [-0.25, -0.2) is 0 Å². The summed E-state index contributed by atoms with van der Waals surface area (Å²) in [6, 6.07) is 10.6. The molecule has 1 nitrogen and oxygen atoms in total. The van der Waals surface area contributed by atoms with Crippen LogP contribution in [0.3, 0.4) is 0 Å². The minimum Gasteiger partial charge on any atom is -0.306 e. The number of hydrogen-bond acceptors (Lipinski definition) is 1. The molecule has 1 heteroatoms. The molecule has 0 unspecified atom stereocenters. The van der Waals surface area contributed by atoms with Crippen LogP contribution in [0, 0.1) is 0 Å². The highest BCUT2D eigenvalue weighted by Crippen LogP contribution is 1.99. The van der Waals surface area contributed by atoms with E-state index in [1.807, 2.05) is 0 Å². The number of nitrogens with zero attached hydrogens (tertiary/aromatic N) is 1. The molecule has 0 spiro atoms. The van der Waals surface area contributed by atoms with E-state index in [4.69, 9.17) is 0 Å². The quantitative estimate of drug-likeness (QED) is 0.657. The monoisotopic (exact) mass is 163 g/mol. The first-order valence-electron chi connectivity index (χ1n) is 4.55. The van der Waals surface area contributed by atoms with Gasteiger partial charge in [0.2, 0.25) is 0 Å². The van der Waals surface area contributed by atoms with E-state index >= 15 is 0 Å². The topological polar surface area (TPSA) is 3.24 Å². The summed E-state index contributed by atoms with van der Waals surface area (Å²) in [4.78, 5) is 2.33. The molecular formula is C11H17N. The molecule has 1 aromatic rings. The molecule has 0 heterocycles. The molecular weight excluding hydrogens is 146 g/mol. The minimum atomic E-state index is 1.13. The van der Waals surface area contributed by atoms with Crippen molar-refractivity contribution in [2.24, 2.45) is 0 Å². The fraction of sp³-hybridized carbons (Fsp3) is 0.455. The molecule has 66 valence electrons. The van der Waals surface area contributed by atoms with Gasteiger partial charge in [0, 0.05) is 6.54 Å². The highest BCUT2D eigenvalue weighted by atomic mass is 15.1. The summed E-state index contributed by atoms with van der Waals surface area (Å²) in [5.74, 6) is 0. The third-order valence-corrected chi connectivity index (χ3v) is 2.16. The molecule has 0 aliphatic heterocycles. The minimum absolute atomic E-state index is 1.13. The van der Waals surface area contributed by atoms with E-state index < -0.39 is 0 Å². The number of rotatable bonds is 4. The second-order valence-corrected chi connectivity index (χ2v) is 3.13. The van der Waals surface area contributed by atoms with Gasteiger partial charge < -0.3 is 4.90 Å². The first-order chi connectivity index (χ1) is 5.83. The molecule has 0 radical (unpaired) electrons. The van der Waals surface area contributed by atoms with Crippen LogP contribution in [0.4, 0.5) is 0 Å². The summed E-state index contributed by atoms with van der Waals surface area (Å²) in [6.07, 6.45) is 1.16. The van der Waals surface area contributed by atoms with Crippen molar-refractivity contribution in [2.45, 2.75) is 13.3 Å². The predicted molar refractivity (Wildman–Crippen MR) is 53.3 cm³/mol. The molecule has 0 bridgehead atoms. The van der Waals surface area contributed by atoms with Crippen LogP contribution in [0.1, 0.15) is 12.5 Å². The lowest BCUT2D eigenvalue weighted by Crippen LogP contribution is -2.20. The molecule has 12 heavy (non-hydrogen) atoms. The van der Waals surface area contributed by atoms with Crippen molar-refractivity contribution < 1.29 is 0 Å². The van der Waals surface area contributed by atoms with Crippen LogP contribution in [-0.4, -0.2) is 25.0 Å². The van der Waals surface area contributed by atoms with Crippen LogP contribution in [0.2, 0.25) is 0 Å². The molecule has 1 rings (SSSR count). The SMILES string of the molecule is CCN(C)CCc1ccccc1. The third kappa shape index (κ3) is 3.05. The van der Waals surface area contributed by atoms with E-state index in [0.717, 1.165) is 19.5 Å². The van der Waals surface area contributed by atoms with Gasteiger partial charge in [-0.3, -0.25) is 0 Å². The van der Waals surface area contributed by atoms with Gasteiger partial charge in [0.1, 0.15) is 0 Å². The zero-order chi connectivity index (χ0) is 8.81. The second-order valence-electron chi connectivity index (χ2n) is 3.13. The Bertz CT molecular complexity index is 206. The smallest absolute Gasteiger partial charge is 0.00187 e. The zero-order valence-electron chi connectivity index (χ0n) is 7.96. The summed E-state index contributed by atoms with van der Waals surface area (Å²) in [5.41, 5.74) is 1.43. The van der Waals surface area contributed by atoms with E-state index in [9.17, 15) is 0 Å². The van der Waals surface area contributed by atoms with E-state index in [1.165, 1.54) is 5.56 Å². The predicted octanol–water partition coefficient (Wildman–Crippen LogP) is 2.18. The Morgan fingerprint density at radius 2 is 1.83 bits per heavy atom. The third-order valence-electron chi connectivity index (χ3n) is 2.16. The van der Waals surface area contributed by atoms with Crippen molar-refractivity contribution in [2.75, 3.05) is 20.1 Å². The van der Waals surface area contributed by atoms with Gasteiger partial charge in [0.25, 0.3) is 0 Å². The van der Waals surface area contributed by atoms with E-state index in [-0.39, 0.29) is 0 Å². The van der Waals surface area contributed by atoms with Crippen molar-refractivity contribution in [3.05, 3.63) is 35.9 Å². The Balaban J connectivity index is 2.33. The number of likely N-dealkylation sites (N-methyl/N-ethyl adjacent to an activating group) is 1. The summed E-state index contributed by atoms with van der Waals surface area (Å²) in [7, 11) is 2.16. The van der Waals surface area contributed by atoms with Crippen molar-refractivity contribution in [1.82, 2.24) is 4.90 Å². The van der Waals surface area contributed by atoms with Gasteiger partial charge in [-0.05, 0) is 25.6 Å². The number of hydrogen-bond donors (Lipinski definition) is 0. The van der Waals surface area contributed by atoms with Crippen LogP contribution in [0.15, 0.2) is 30.3 Å². The van der Waals surface area contributed by atoms with Crippen LogP contribution in [-0.2, 0) is 6.42 Å². The standard InChI is InChI=1S/C11H17N/c1-3-12(2)10-9-11-7-5-4-6-8-11/h4-8H,3,9-10H2,1-2H3. The maximum atomic E-state index is 2.33. The molecule has 0 aliphatic rings. The Kier molecular flexibility index (Phi) is 3.81. The van der Waals surface area contributed by atoms with Crippen molar-refractivity contribution >= 4 is 0 Å². The van der Waals surface area contributed by atoms with Crippen molar-refractivity contribution in [1.29, 1.82) is 0 Å². The fourth-order valence-corrected chi connectivity index (χ4v) is 1.12. The van der Waals surface area contributed by atoms with Crippen LogP contribution < -0.4 is 0 Å². The normalized spacial score (nSPS) is 10.6. The second kappa shape index (κ2) is 4.94. The Morgan fingerprint density at radius 3 is 2.42 bits per heavy atom. The molecule has 0 saturated carbocycles. The molecule has 0 amide bonds. The van der Waals surface area contributed by atoms with Crippen LogP contribution >= 0.6 is 0 Å². The van der Waals surface area contributed by atoms with Crippen LogP contribution in [0.5, 0.6) is 0 Å². The maximum Gasteiger partial charge on any atom is 0.00187 e. The van der Waals surface area contributed by atoms with Gasteiger partial charge >= 0.3 is 0 Å². The van der Waals surface area contributed by atoms with Crippen molar-refractivity contribution in [3.8, 4) is 0 Å². The molecule has 0 N–H and O–H groups in total. The highest BCUT2D eigenvalue weighted by Gasteiger charge is 1.94. The van der Waals surface area contributed by atoms with Gasteiger partial charge in [0.15, 0.2) is 0 Å². The molecule has 0 atom stereocenters. The molecule has 0 saturated heterocycles. The van der Waals surface area contributed by atoms with E-state index in [1.54, 1.807) is 0 Å². The lowest BCUT2D eigenvalue weighted by Gasteiger charge is -2.12. The lowest BCUT2D eigenvalue weighted by atomic mass is 10.1. The summed E-state index contributed by atoms with van der Waals surface area (Å²) >= 11 is 0. The Morgan fingerprint density at radius 1 is 1.17 bits per heavy atom. The van der Waals surface area contributed by atoms with Gasteiger partial charge in [-0.15, -0.1) is 0 Å². The first kappa shape index (κ1) is 9.27. The summed E-state index contributed by atoms with van der Waals surface area (Å²) in [5, 5.41) is 0. The van der Waals surface area contributed by atoms with Crippen LogP contribution in [0.25, 0.3) is 0 Å². The van der Waals surface area contributed by atoms with Gasteiger partial charge in [-0.1, -0.05) is 37.3 Å². The molecule has 0 fully saturated rings. The van der Waals surface area contributed by atoms with Gasteiger partial charge in [-0.2, -0.15) is 0 Å². The number of benzene rings is 1. The largest absolute Gasteiger partial charge is 0.306 e. The van der Waals surface area contributed by atoms with E-state index in [2.05, 4.69) is 49.2 Å². The highest BCUT2D eigenvalue weighted by molar-refractivity contribution is 5.14. The molecule has 0 aromatic heterocycles. The first-order valence-corrected chi connectivity index (χ1v) is 4.55. The summed E-state index contributed by atoms with van der Waals surface area (Å²) in [6.45, 7) is 4.47. The lowest BCUT2D eigenvalue weighted by molar-refractivity contribution is 0.357. The Hall–Kier alpha value is -0.820. The Labute approximate surface area is 75.0 Å². The van der Waals surface area contributed by atoms with Gasteiger partial charge in [0.05, 0.1) is 0 Å². The molecule has 0 aliphatic carbocycles. The average molecular weight is 163 g/mol. The van der Waals surface area contributed by atoms with E-state index in [0.29, 0.717) is 0 Å².